The van der Waals surface area contributed by atoms with Gasteiger partial charge in [-0.25, -0.2) is 22.5 Å². The molecule has 1 N–H and O–H groups in total. The minimum Gasteiger partial charge on any atom is -0.444 e. The van der Waals surface area contributed by atoms with Crippen LogP contribution in [0.15, 0.2) is 16.4 Å². The number of ether oxygens (including phenoxy) is 2. The second-order valence-corrected chi connectivity index (χ2v) is 10.6. The summed E-state index contributed by atoms with van der Waals surface area (Å²) in [6, 6.07) is 1.69. The quantitative estimate of drug-likeness (QED) is 0.749. The highest BCUT2D eigenvalue weighted by Gasteiger charge is 2.59. The Balaban J connectivity index is 2.06. The Kier molecular flexibility index (Phi) is 4.75. The van der Waals surface area contributed by atoms with E-state index in [1.807, 2.05) is 0 Å². The summed E-state index contributed by atoms with van der Waals surface area (Å²) in [6.45, 7) is 5.20. The Hall–Kier alpha value is -1.36. The van der Waals surface area contributed by atoms with Crippen molar-refractivity contribution in [3.8, 4) is 0 Å². The van der Waals surface area contributed by atoms with Gasteiger partial charge in [-0.1, -0.05) is 11.6 Å². The SMILES string of the molecule is CN1C(NC(=O)OC(C)(C)C)=N[C@@]2(c3sccc3Cl)COCC2S1(=O)=O. The highest BCUT2D eigenvalue weighted by atomic mass is 35.5. The first-order chi connectivity index (χ1) is 12.0. The first kappa shape index (κ1) is 19.4. The number of thiophene rings is 1. The van der Waals surface area contributed by atoms with Crippen molar-refractivity contribution in [3.05, 3.63) is 21.3 Å². The number of fused-ring (bicyclic) bond motifs is 1. The zero-order valence-corrected chi connectivity index (χ0v) is 17.2. The van der Waals surface area contributed by atoms with Crippen LogP contribution >= 0.6 is 22.9 Å². The topological polar surface area (TPSA) is 97.3 Å². The fourth-order valence-electron chi connectivity index (χ4n) is 2.93. The monoisotopic (exact) mass is 421 g/mol. The Morgan fingerprint density at radius 1 is 1.54 bits per heavy atom. The summed E-state index contributed by atoms with van der Waals surface area (Å²) in [5, 5.41) is 3.71. The van der Waals surface area contributed by atoms with E-state index in [2.05, 4.69) is 10.3 Å². The molecule has 26 heavy (non-hydrogen) atoms. The van der Waals surface area contributed by atoms with Crippen molar-refractivity contribution in [1.82, 2.24) is 9.62 Å². The van der Waals surface area contributed by atoms with E-state index in [-0.39, 0.29) is 19.2 Å². The van der Waals surface area contributed by atoms with Gasteiger partial charge in [-0.3, -0.25) is 5.32 Å². The molecule has 2 aliphatic rings. The zero-order valence-electron chi connectivity index (χ0n) is 14.8. The maximum atomic E-state index is 13.0. The maximum absolute atomic E-state index is 13.0. The van der Waals surface area contributed by atoms with E-state index in [0.717, 1.165) is 4.31 Å². The molecule has 0 saturated carbocycles. The second-order valence-electron chi connectivity index (χ2n) is 7.10. The number of alkyl carbamates (subject to hydrolysis) is 1. The van der Waals surface area contributed by atoms with E-state index in [1.165, 1.54) is 18.4 Å². The van der Waals surface area contributed by atoms with Gasteiger partial charge >= 0.3 is 6.09 Å². The normalized spacial score (nSPS) is 27.7. The van der Waals surface area contributed by atoms with Gasteiger partial charge in [0.1, 0.15) is 16.4 Å². The molecule has 1 unspecified atom stereocenters. The standard InChI is InChI=1S/C15H20ClN3O5S2/c1-14(2,3)24-13(20)17-12-18-15(11-9(16)5-6-25-11)8-23-7-10(15)26(21,22)19(12)4/h5-6,10H,7-8H2,1-4H3,(H,17,18,20)/t10?,15-/m0/s1. The van der Waals surface area contributed by atoms with Crippen molar-refractivity contribution in [2.75, 3.05) is 20.3 Å². The summed E-state index contributed by atoms with van der Waals surface area (Å²) >= 11 is 7.58. The molecule has 8 nitrogen and oxygen atoms in total. The van der Waals surface area contributed by atoms with E-state index in [1.54, 1.807) is 32.2 Å². The van der Waals surface area contributed by atoms with Crippen molar-refractivity contribution >= 4 is 45.0 Å². The molecule has 2 atom stereocenters. The molecule has 0 aromatic carbocycles. The number of carbonyl (C=O) groups excluding carboxylic acids is 1. The van der Waals surface area contributed by atoms with Crippen molar-refractivity contribution in [3.63, 3.8) is 0 Å². The van der Waals surface area contributed by atoms with Crippen LogP contribution in [0, 0.1) is 0 Å². The van der Waals surface area contributed by atoms with Gasteiger partial charge in [-0.15, -0.1) is 11.3 Å². The number of guanidine groups is 1. The summed E-state index contributed by atoms with van der Waals surface area (Å²) in [5.74, 6) is -0.120. The summed E-state index contributed by atoms with van der Waals surface area (Å²) in [5.41, 5.74) is -1.93. The third-order valence-corrected chi connectivity index (χ3v) is 7.78. The minimum absolute atomic E-state index is 0.00409. The van der Waals surface area contributed by atoms with E-state index in [9.17, 15) is 13.2 Å². The van der Waals surface area contributed by atoms with Crippen molar-refractivity contribution in [2.45, 2.75) is 37.2 Å². The molecule has 1 fully saturated rings. The predicted octanol–water partition coefficient (Wildman–Crippen LogP) is 2.15. The Morgan fingerprint density at radius 2 is 2.23 bits per heavy atom. The van der Waals surface area contributed by atoms with Crippen LogP contribution in [-0.2, 0) is 25.0 Å². The molecule has 1 amide bonds. The van der Waals surface area contributed by atoms with Gasteiger partial charge in [0.05, 0.1) is 23.1 Å². The lowest BCUT2D eigenvalue weighted by molar-refractivity contribution is 0.0558. The van der Waals surface area contributed by atoms with Crippen LogP contribution in [0.25, 0.3) is 0 Å². The van der Waals surface area contributed by atoms with Crippen molar-refractivity contribution in [2.24, 2.45) is 4.99 Å². The van der Waals surface area contributed by atoms with Crippen LogP contribution in [0.4, 0.5) is 4.79 Å². The molecular weight excluding hydrogens is 402 g/mol. The fourth-order valence-corrected chi connectivity index (χ4v) is 6.12. The lowest BCUT2D eigenvalue weighted by Crippen LogP contribution is -2.58. The first-order valence-corrected chi connectivity index (χ1v) is 10.6. The van der Waals surface area contributed by atoms with Gasteiger partial charge in [-0.2, -0.15) is 0 Å². The van der Waals surface area contributed by atoms with Crippen molar-refractivity contribution in [1.29, 1.82) is 0 Å². The highest BCUT2D eigenvalue weighted by Crippen LogP contribution is 2.47. The Bertz CT molecular complexity index is 861. The molecule has 1 aromatic rings. The number of nitrogens with one attached hydrogen (secondary N) is 1. The lowest BCUT2D eigenvalue weighted by Gasteiger charge is -2.38. The van der Waals surface area contributed by atoms with Gasteiger partial charge in [0, 0.05) is 7.05 Å². The number of rotatable bonds is 1. The van der Waals surface area contributed by atoms with Crippen LogP contribution in [-0.4, -0.2) is 55.9 Å². The summed E-state index contributed by atoms with van der Waals surface area (Å²) in [7, 11) is -2.49. The van der Waals surface area contributed by atoms with E-state index in [0.29, 0.717) is 9.90 Å². The smallest absolute Gasteiger partial charge is 0.414 e. The van der Waals surface area contributed by atoms with Gasteiger partial charge in [-0.05, 0) is 32.2 Å². The third kappa shape index (κ3) is 3.19. The van der Waals surface area contributed by atoms with Crippen molar-refractivity contribution < 1.29 is 22.7 Å². The minimum atomic E-state index is -3.82. The number of nitrogens with zero attached hydrogens (tertiary/aromatic N) is 2. The first-order valence-electron chi connectivity index (χ1n) is 7.86. The molecule has 0 aliphatic carbocycles. The molecule has 0 spiro atoms. The molecule has 3 rings (SSSR count). The number of amides is 1. The van der Waals surface area contributed by atoms with Crippen LogP contribution < -0.4 is 5.32 Å². The van der Waals surface area contributed by atoms with Gasteiger partial charge in [0.15, 0.2) is 0 Å². The van der Waals surface area contributed by atoms with Gasteiger partial charge in [0.2, 0.25) is 16.0 Å². The predicted molar refractivity (Wildman–Crippen MR) is 99.1 cm³/mol. The van der Waals surface area contributed by atoms with Crippen LogP contribution in [0.2, 0.25) is 5.02 Å². The second kappa shape index (κ2) is 6.36. The van der Waals surface area contributed by atoms with Gasteiger partial charge in [0.25, 0.3) is 0 Å². The summed E-state index contributed by atoms with van der Waals surface area (Å²) in [6.07, 6.45) is -0.789. The van der Waals surface area contributed by atoms with E-state index >= 15 is 0 Å². The molecule has 1 saturated heterocycles. The molecule has 11 heteroatoms. The van der Waals surface area contributed by atoms with Crippen LogP contribution in [0.5, 0.6) is 0 Å². The van der Waals surface area contributed by atoms with E-state index < -0.39 is 32.5 Å². The zero-order chi connectivity index (χ0) is 19.3. The van der Waals surface area contributed by atoms with Crippen LogP contribution in [0.3, 0.4) is 0 Å². The number of hydrogen-bond acceptors (Lipinski definition) is 7. The molecule has 1 aromatic heterocycles. The average molecular weight is 422 g/mol. The molecule has 0 bridgehead atoms. The Labute approximate surface area is 161 Å². The number of hydrogen-bond donors (Lipinski definition) is 1. The molecular formula is C15H20ClN3O5S2. The summed E-state index contributed by atoms with van der Waals surface area (Å²) < 4.78 is 37.7. The number of sulfonamides is 1. The number of aliphatic imine (C=N–C) groups is 1. The molecule has 2 aliphatic heterocycles. The Morgan fingerprint density at radius 3 is 2.81 bits per heavy atom. The largest absolute Gasteiger partial charge is 0.444 e. The average Bonchev–Trinajstić information content (AvgIpc) is 3.10. The lowest BCUT2D eigenvalue weighted by atomic mass is 9.96. The summed E-state index contributed by atoms with van der Waals surface area (Å²) in [4.78, 5) is 17.3. The number of carbonyl (C=O) groups is 1. The molecule has 3 heterocycles. The molecule has 144 valence electrons. The maximum Gasteiger partial charge on any atom is 0.414 e. The number of halogens is 1. The molecule has 0 radical (unpaired) electrons. The van der Waals surface area contributed by atoms with Gasteiger partial charge < -0.3 is 9.47 Å². The third-order valence-electron chi connectivity index (χ3n) is 4.09. The van der Waals surface area contributed by atoms with Crippen LogP contribution in [0.1, 0.15) is 25.6 Å². The fraction of sp³-hybridized carbons (Fsp3) is 0.600. The van der Waals surface area contributed by atoms with E-state index in [4.69, 9.17) is 21.1 Å². The highest BCUT2D eigenvalue weighted by molar-refractivity contribution is 7.90.